The van der Waals surface area contributed by atoms with Gasteiger partial charge in [0.1, 0.15) is 6.61 Å². The lowest BCUT2D eigenvalue weighted by Gasteiger charge is -2.16. The Balaban J connectivity index is 1.55. The van der Waals surface area contributed by atoms with Crippen LogP contribution in [0, 0.1) is 0 Å². The summed E-state index contributed by atoms with van der Waals surface area (Å²) >= 11 is 0. The maximum absolute atomic E-state index is 12.2. The van der Waals surface area contributed by atoms with Gasteiger partial charge in [-0.05, 0) is 28.7 Å². The summed E-state index contributed by atoms with van der Waals surface area (Å²) in [6.45, 7) is 2.58. The average molecular weight is 351 g/mol. The number of hydrogen-bond acceptors (Lipinski definition) is 3. The van der Waals surface area contributed by atoms with Crippen molar-refractivity contribution in [1.82, 2.24) is 0 Å². The van der Waals surface area contributed by atoms with Crippen LogP contribution >= 0.6 is 0 Å². The molecule has 0 radical (unpaired) electrons. The van der Waals surface area contributed by atoms with Gasteiger partial charge in [-0.15, -0.1) is 0 Å². The number of ether oxygens (including phenoxy) is 1. The molecule has 0 aromatic heterocycles. The standard InChI is InChI=1S/C23H29NO2/c1-2-3-4-5-10-17(24)15-23(25)26-16-22-20-13-8-6-11-18(20)19-12-7-9-14-21(19)22/h6-9,11-14,17,22H,2-5,10,15-16,24H2,1H3/t17-/m0/s1. The molecule has 0 saturated carbocycles. The van der Waals surface area contributed by atoms with Crippen LogP contribution in [0.2, 0.25) is 0 Å². The highest BCUT2D eigenvalue weighted by molar-refractivity contribution is 5.79. The zero-order valence-electron chi connectivity index (χ0n) is 15.6. The molecule has 0 fully saturated rings. The van der Waals surface area contributed by atoms with E-state index in [1.807, 2.05) is 12.1 Å². The summed E-state index contributed by atoms with van der Waals surface area (Å²) in [6.07, 6.45) is 5.92. The van der Waals surface area contributed by atoms with E-state index in [4.69, 9.17) is 10.5 Å². The van der Waals surface area contributed by atoms with Crippen molar-refractivity contribution in [2.45, 2.75) is 57.4 Å². The average Bonchev–Trinajstić information content (AvgIpc) is 2.98. The van der Waals surface area contributed by atoms with Crippen molar-refractivity contribution in [2.75, 3.05) is 6.61 Å². The summed E-state index contributed by atoms with van der Waals surface area (Å²) < 4.78 is 5.62. The van der Waals surface area contributed by atoms with Gasteiger partial charge in [0.15, 0.2) is 0 Å². The summed E-state index contributed by atoms with van der Waals surface area (Å²) in [4.78, 5) is 12.2. The van der Waals surface area contributed by atoms with Crippen LogP contribution in [0.4, 0.5) is 0 Å². The van der Waals surface area contributed by atoms with Crippen LogP contribution in [0.25, 0.3) is 11.1 Å². The van der Waals surface area contributed by atoms with Crippen molar-refractivity contribution in [1.29, 1.82) is 0 Å². The van der Waals surface area contributed by atoms with E-state index >= 15 is 0 Å². The fourth-order valence-corrected chi connectivity index (χ4v) is 3.82. The van der Waals surface area contributed by atoms with Gasteiger partial charge in [0, 0.05) is 12.0 Å². The first-order chi connectivity index (χ1) is 12.7. The molecule has 1 atom stereocenters. The zero-order chi connectivity index (χ0) is 18.4. The highest BCUT2D eigenvalue weighted by Gasteiger charge is 2.29. The molecule has 26 heavy (non-hydrogen) atoms. The first-order valence-corrected chi connectivity index (χ1v) is 9.80. The van der Waals surface area contributed by atoms with Crippen molar-refractivity contribution >= 4 is 5.97 Å². The van der Waals surface area contributed by atoms with Crippen LogP contribution in [0.5, 0.6) is 0 Å². The molecule has 1 aliphatic carbocycles. The van der Waals surface area contributed by atoms with E-state index in [1.54, 1.807) is 0 Å². The number of rotatable bonds is 9. The minimum atomic E-state index is -0.185. The molecular formula is C23H29NO2. The fraction of sp³-hybridized carbons (Fsp3) is 0.435. The molecule has 0 aliphatic heterocycles. The third-order valence-corrected chi connectivity index (χ3v) is 5.23. The number of carbonyl (C=O) groups is 1. The number of nitrogens with two attached hydrogens (primary N) is 1. The molecule has 0 heterocycles. The van der Waals surface area contributed by atoms with Crippen molar-refractivity contribution in [2.24, 2.45) is 5.73 Å². The van der Waals surface area contributed by atoms with Crippen molar-refractivity contribution in [3.63, 3.8) is 0 Å². The fourth-order valence-electron chi connectivity index (χ4n) is 3.82. The summed E-state index contributed by atoms with van der Waals surface area (Å²) in [6, 6.07) is 16.7. The lowest BCUT2D eigenvalue weighted by Crippen LogP contribution is -2.25. The third-order valence-electron chi connectivity index (χ3n) is 5.23. The van der Waals surface area contributed by atoms with E-state index in [-0.39, 0.29) is 17.9 Å². The molecule has 0 unspecified atom stereocenters. The van der Waals surface area contributed by atoms with E-state index in [2.05, 4.69) is 43.3 Å². The van der Waals surface area contributed by atoms with E-state index in [9.17, 15) is 4.79 Å². The minimum absolute atomic E-state index is 0.0949. The van der Waals surface area contributed by atoms with Gasteiger partial charge in [-0.1, -0.05) is 81.1 Å². The lowest BCUT2D eigenvalue weighted by atomic mass is 9.98. The smallest absolute Gasteiger partial charge is 0.307 e. The Labute approximate surface area is 156 Å². The maximum Gasteiger partial charge on any atom is 0.307 e. The molecule has 1 aliphatic rings. The number of carbonyl (C=O) groups excluding carboxylic acids is 1. The topological polar surface area (TPSA) is 52.3 Å². The second-order valence-electron chi connectivity index (χ2n) is 7.22. The van der Waals surface area contributed by atoms with Gasteiger partial charge in [0.25, 0.3) is 0 Å². The Kier molecular flexibility index (Phi) is 6.45. The van der Waals surface area contributed by atoms with Crippen molar-refractivity contribution in [3.05, 3.63) is 59.7 Å². The second-order valence-corrected chi connectivity index (χ2v) is 7.22. The third kappa shape index (κ3) is 4.34. The van der Waals surface area contributed by atoms with Crippen molar-refractivity contribution < 1.29 is 9.53 Å². The summed E-state index contributed by atoms with van der Waals surface area (Å²) in [5, 5.41) is 0. The Morgan fingerprint density at radius 2 is 1.62 bits per heavy atom. The quantitative estimate of drug-likeness (QED) is 0.509. The molecular weight excluding hydrogens is 322 g/mol. The number of benzene rings is 2. The number of fused-ring (bicyclic) bond motifs is 3. The molecule has 0 bridgehead atoms. The van der Waals surface area contributed by atoms with Crippen LogP contribution < -0.4 is 5.73 Å². The summed E-state index contributed by atoms with van der Waals surface area (Å²) in [5.74, 6) is -0.0676. The van der Waals surface area contributed by atoms with Gasteiger partial charge >= 0.3 is 5.97 Å². The van der Waals surface area contributed by atoms with Crippen LogP contribution in [0.15, 0.2) is 48.5 Å². The largest absolute Gasteiger partial charge is 0.465 e. The van der Waals surface area contributed by atoms with E-state index in [1.165, 1.54) is 41.5 Å². The van der Waals surface area contributed by atoms with Gasteiger partial charge < -0.3 is 10.5 Å². The molecule has 0 saturated heterocycles. The minimum Gasteiger partial charge on any atom is -0.465 e. The molecule has 2 aromatic rings. The maximum atomic E-state index is 12.2. The Morgan fingerprint density at radius 3 is 2.23 bits per heavy atom. The van der Waals surface area contributed by atoms with Gasteiger partial charge in [0.05, 0.1) is 6.42 Å². The van der Waals surface area contributed by atoms with Gasteiger partial charge in [-0.2, -0.15) is 0 Å². The molecule has 138 valence electrons. The number of unbranched alkanes of at least 4 members (excludes halogenated alkanes) is 3. The van der Waals surface area contributed by atoms with Gasteiger partial charge in [0.2, 0.25) is 0 Å². The lowest BCUT2D eigenvalue weighted by molar-refractivity contribution is -0.144. The Bertz CT molecular complexity index is 695. The first kappa shape index (κ1) is 18.7. The number of hydrogen-bond donors (Lipinski definition) is 1. The summed E-state index contributed by atoms with van der Waals surface area (Å²) in [5.41, 5.74) is 11.1. The van der Waals surface area contributed by atoms with E-state index in [0.717, 1.165) is 12.8 Å². The van der Waals surface area contributed by atoms with E-state index in [0.29, 0.717) is 13.0 Å². The molecule has 0 spiro atoms. The van der Waals surface area contributed by atoms with Crippen LogP contribution in [-0.2, 0) is 9.53 Å². The monoisotopic (exact) mass is 351 g/mol. The Hall–Kier alpha value is -2.13. The Morgan fingerprint density at radius 1 is 1.00 bits per heavy atom. The normalized spacial score (nSPS) is 13.9. The van der Waals surface area contributed by atoms with Gasteiger partial charge in [-0.3, -0.25) is 4.79 Å². The first-order valence-electron chi connectivity index (χ1n) is 9.80. The molecule has 0 amide bonds. The van der Waals surface area contributed by atoms with Crippen molar-refractivity contribution in [3.8, 4) is 11.1 Å². The molecule has 3 heteroatoms. The second kappa shape index (κ2) is 9.00. The highest BCUT2D eigenvalue weighted by Crippen LogP contribution is 2.44. The molecule has 3 rings (SSSR count). The SMILES string of the molecule is CCCCCC[C@H](N)CC(=O)OCC1c2ccccc2-c2ccccc21. The van der Waals surface area contributed by atoms with Gasteiger partial charge in [-0.25, -0.2) is 0 Å². The molecule has 2 aromatic carbocycles. The van der Waals surface area contributed by atoms with Crippen LogP contribution in [-0.4, -0.2) is 18.6 Å². The predicted octanol–water partition coefficient (Wildman–Crippen LogP) is 5.03. The van der Waals surface area contributed by atoms with E-state index < -0.39 is 0 Å². The van der Waals surface area contributed by atoms with Crippen LogP contribution in [0.3, 0.4) is 0 Å². The zero-order valence-corrected chi connectivity index (χ0v) is 15.6. The molecule has 2 N–H and O–H groups in total. The predicted molar refractivity (Wildman–Crippen MR) is 106 cm³/mol. The summed E-state index contributed by atoms with van der Waals surface area (Å²) in [7, 11) is 0. The molecule has 3 nitrogen and oxygen atoms in total. The number of esters is 1. The highest BCUT2D eigenvalue weighted by atomic mass is 16.5. The van der Waals surface area contributed by atoms with Crippen LogP contribution in [0.1, 0.15) is 62.5 Å².